The molecule has 0 amide bonds. The molecule has 1 heterocycles. The molecule has 0 radical (unpaired) electrons. The van der Waals surface area contributed by atoms with E-state index in [0.29, 0.717) is 6.54 Å². The van der Waals surface area contributed by atoms with E-state index in [1.54, 1.807) is 7.11 Å². The molecule has 0 atom stereocenters. The van der Waals surface area contributed by atoms with Gasteiger partial charge in [-0.3, -0.25) is 4.90 Å². The molecule has 2 rings (SSSR count). The predicted molar refractivity (Wildman–Crippen MR) is 76.0 cm³/mol. The van der Waals surface area contributed by atoms with Crippen LogP contribution in [-0.4, -0.2) is 35.8 Å². The van der Waals surface area contributed by atoms with Crippen LogP contribution in [0.5, 0.6) is 5.75 Å². The van der Waals surface area contributed by atoms with Crippen molar-refractivity contribution in [3.63, 3.8) is 0 Å². The summed E-state index contributed by atoms with van der Waals surface area (Å²) in [4.78, 5) is 2.38. The number of aliphatic hydroxyl groups is 1. The third-order valence-corrected chi connectivity index (χ3v) is 3.90. The molecule has 1 aliphatic rings. The first-order chi connectivity index (χ1) is 9.04. The third kappa shape index (κ3) is 3.69. The van der Waals surface area contributed by atoms with E-state index in [9.17, 15) is 5.11 Å². The van der Waals surface area contributed by atoms with Gasteiger partial charge in [0.1, 0.15) is 5.75 Å². The molecule has 106 valence electrons. The van der Waals surface area contributed by atoms with Crippen LogP contribution in [0.15, 0.2) is 18.2 Å². The number of hydrogen-bond acceptors (Lipinski definition) is 4. The minimum Gasteiger partial charge on any atom is -0.496 e. The molecular weight excluding hydrogens is 240 g/mol. The molecule has 1 fully saturated rings. The Kier molecular flexibility index (Phi) is 4.45. The van der Waals surface area contributed by atoms with E-state index in [1.807, 2.05) is 13.0 Å². The topological polar surface area (TPSA) is 58.7 Å². The summed E-state index contributed by atoms with van der Waals surface area (Å²) in [6.45, 7) is 5.21. The Morgan fingerprint density at radius 1 is 1.37 bits per heavy atom. The van der Waals surface area contributed by atoms with Gasteiger partial charge in [-0.15, -0.1) is 0 Å². The second kappa shape index (κ2) is 5.90. The fourth-order valence-corrected chi connectivity index (χ4v) is 2.54. The van der Waals surface area contributed by atoms with Gasteiger partial charge >= 0.3 is 0 Å². The summed E-state index contributed by atoms with van der Waals surface area (Å²) in [5.41, 5.74) is 7.55. The number of piperidine rings is 1. The van der Waals surface area contributed by atoms with Gasteiger partial charge in [-0.1, -0.05) is 6.07 Å². The van der Waals surface area contributed by atoms with Crippen molar-refractivity contribution < 1.29 is 9.84 Å². The van der Waals surface area contributed by atoms with E-state index in [1.165, 1.54) is 5.56 Å². The fourth-order valence-electron chi connectivity index (χ4n) is 2.54. The molecule has 1 aliphatic heterocycles. The summed E-state index contributed by atoms with van der Waals surface area (Å²) in [6.07, 6.45) is 1.68. The third-order valence-electron chi connectivity index (χ3n) is 3.90. The number of nitrogens with two attached hydrogens (primary N) is 1. The van der Waals surface area contributed by atoms with Gasteiger partial charge in [0.25, 0.3) is 0 Å². The molecule has 0 aliphatic carbocycles. The van der Waals surface area contributed by atoms with E-state index in [0.717, 1.165) is 43.8 Å². The minimum absolute atomic E-state index is 0.487. The zero-order valence-electron chi connectivity index (χ0n) is 11.9. The first-order valence-corrected chi connectivity index (χ1v) is 6.85. The quantitative estimate of drug-likeness (QED) is 0.865. The highest BCUT2D eigenvalue weighted by Gasteiger charge is 2.27. The molecule has 4 nitrogen and oxygen atoms in total. The molecule has 19 heavy (non-hydrogen) atoms. The maximum absolute atomic E-state index is 9.95. The number of benzene rings is 1. The van der Waals surface area contributed by atoms with Crippen molar-refractivity contribution >= 4 is 0 Å². The normalized spacial score (nSPS) is 19.4. The summed E-state index contributed by atoms with van der Waals surface area (Å²) in [5, 5.41) is 9.95. The van der Waals surface area contributed by atoms with Gasteiger partial charge < -0.3 is 15.6 Å². The average Bonchev–Trinajstić information content (AvgIpc) is 2.41. The maximum atomic E-state index is 9.95. The fraction of sp³-hybridized carbons (Fsp3) is 0.600. The SMILES string of the molecule is COc1ccc(CN2CCC(C)(O)CC2)cc1CN. The van der Waals surface area contributed by atoms with E-state index in [-0.39, 0.29) is 0 Å². The molecule has 1 aromatic rings. The number of likely N-dealkylation sites (tertiary alicyclic amines) is 1. The highest BCUT2D eigenvalue weighted by Crippen LogP contribution is 2.24. The Hall–Kier alpha value is -1.10. The van der Waals surface area contributed by atoms with Crippen molar-refractivity contribution in [2.24, 2.45) is 5.73 Å². The largest absolute Gasteiger partial charge is 0.496 e. The summed E-state index contributed by atoms with van der Waals surface area (Å²) >= 11 is 0. The summed E-state index contributed by atoms with van der Waals surface area (Å²) in [6, 6.07) is 6.19. The first kappa shape index (κ1) is 14.3. The van der Waals surface area contributed by atoms with Gasteiger partial charge in [0.05, 0.1) is 12.7 Å². The Labute approximate surface area is 115 Å². The van der Waals surface area contributed by atoms with Gasteiger partial charge in [0, 0.05) is 31.7 Å². The lowest BCUT2D eigenvalue weighted by molar-refractivity contribution is -0.00730. The standard InChI is InChI=1S/C15H24N2O2/c1-15(18)5-7-17(8-6-15)11-12-3-4-14(19-2)13(9-12)10-16/h3-4,9,18H,5-8,10-11,16H2,1-2H3. The van der Waals surface area contributed by atoms with Crippen molar-refractivity contribution in [1.29, 1.82) is 0 Å². The highest BCUT2D eigenvalue weighted by molar-refractivity contribution is 5.37. The van der Waals surface area contributed by atoms with Gasteiger partial charge in [-0.05, 0) is 37.5 Å². The van der Waals surface area contributed by atoms with Gasteiger partial charge in [-0.2, -0.15) is 0 Å². The highest BCUT2D eigenvalue weighted by atomic mass is 16.5. The van der Waals surface area contributed by atoms with Gasteiger partial charge in [0.2, 0.25) is 0 Å². The molecule has 0 bridgehead atoms. The molecule has 0 unspecified atom stereocenters. The lowest BCUT2D eigenvalue weighted by atomic mass is 9.93. The van der Waals surface area contributed by atoms with E-state index < -0.39 is 5.60 Å². The van der Waals surface area contributed by atoms with E-state index in [2.05, 4.69) is 17.0 Å². The number of hydrogen-bond donors (Lipinski definition) is 2. The Morgan fingerprint density at radius 2 is 2.05 bits per heavy atom. The molecule has 4 heteroatoms. The second-order valence-electron chi connectivity index (χ2n) is 5.62. The number of nitrogens with zero attached hydrogens (tertiary/aromatic N) is 1. The smallest absolute Gasteiger partial charge is 0.123 e. The van der Waals surface area contributed by atoms with Crippen LogP contribution in [0.2, 0.25) is 0 Å². The Morgan fingerprint density at radius 3 is 2.63 bits per heavy atom. The zero-order chi connectivity index (χ0) is 13.9. The first-order valence-electron chi connectivity index (χ1n) is 6.85. The minimum atomic E-state index is -0.487. The van der Waals surface area contributed by atoms with E-state index in [4.69, 9.17) is 10.5 Å². The van der Waals surface area contributed by atoms with Crippen LogP contribution in [0.4, 0.5) is 0 Å². The molecule has 0 saturated carbocycles. The number of methoxy groups -OCH3 is 1. The monoisotopic (exact) mass is 264 g/mol. The van der Waals surface area contributed by atoms with Crippen LogP contribution in [0.3, 0.4) is 0 Å². The summed E-state index contributed by atoms with van der Waals surface area (Å²) in [7, 11) is 1.67. The molecule has 0 spiro atoms. The number of rotatable bonds is 4. The van der Waals surface area contributed by atoms with Gasteiger partial charge in [0.15, 0.2) is 0 Å². The van der Waals surface area contributed by atoms with Crippen molar-refractivity contribution in [2.75, 3.05) is 20.2 Å². The van der Waals surface area contributed by atoms with Crippen LogP contribution in [-0.2, 0) is 13.1 Å². The van der Waals surface area contributed by atoms with Crippen LogP contribution >= 0.6 is 0 Å². The summed E-state index contributed by atoms with van der Waals surface area (Å²) in [5.74, 6) is 0.854. The number of ether oxygens (including phenoxy) is 1. The van der Waals surface area contributed by atoms with Crippen LogP contribution in [0.25, 0.3) is 0 Å². The van der Waals surface area contributed by atoms with Crippen LogP contribution in [0, 0.1) is 0 Å². The molecule has 3 N–H and O–H groups in total. The molecule has 1 saturated heterocycles. The lowest BCUT2D eigenvalue weighted by Crippen LogP contribution is -2.41. The van der Waals surface area contributed by atoms with Crippen LogP contribution in [0.1, 0.15) is 30.9 Å². The molecular formula is C15H24N2O2. The van der Waals surface area contributed by atoms with Crippen molar-refractivity contribution in [3.8, 4) is 5.75 Å². The Balaban J connectivity index is 2.00. The van der Waals surface area contributed by atoms with E-state index >= 15 is 0 Å². The summed E-state index contributed by atoms with van der Waals surface area (Å²) < 4.78 is 5.28. The predicted octanol–water partition coefficient (Wildman–Crippen LogP) is 1.50. The Bertz CT molecular complexity index is 422. The molecule has 1 aromatic carbocycles. The average molecular weight is 264 g/mol. The van der Waals surface area contributed by atoms with Crippen molar-refractivity contribution in [3.05, 3.63) is 29.3 Å². The lowest BCUT2D eigenvalue weighted by Gasteiger charge is -2.35. The van der Waals surface area contributed by atoms with Crippen molar-refractivity contribution in [2.45, 2.75) is 38.5 Å². The second-order valence-corrected chi connectivity index (χ2v) is 5.62. The zero-order valence-corrected chi connectivity index (χ0v) is 11.9. The molecule has 0 aromatic heterocycles. The van der Waals surface area contributed by atoms with Gasteiger partial charge in [-0.25, -0.2) is 0 Å². The maximum Gasteiger partial charge on any atom is 0.123 e. The van der Waals surface area contributed by atoms with Crippen LogP contribution < -0.4 is 10.5 Å². The van der Waals surface area contributed by atoms with Crippen molar-refractivity contribution in [1.82, 2.24) is 4.90 Å².